The molecular formula is C45H70O8. The molecule has 0 amide bonds. The third-order valence-corrected chi connectivity index (χ3v) is 17.0. The molecule has 0 N–H and O–H groups in total. The zero-order valence-corrected chi connectivity index (χ0v) is 34.0. The molecule has 15 atom stereocenters. The third-order valence-electron chi connectivity index (χ3n) is 17.0. The summed E-state index contributed by atoms with van der Waals surface area (Å²) in [6, 6.07) is 0. The topological polar surface area (TPSA) is 89.5 Å². The summed E-state index contributed by atoms with van der Waals surface area (Å²) in [5.74, 6) is 3.17. The molecule has 53 heavy (non-hydrogen) atoms. The maximum Gasteiger partial charge on any atom is 0.308 e. The molecule has 9 rings (SSSR count). The lowest BCUT2D eigenvalue weighted by Gasteiger charge is -2.59. The molecule has 8 nitrogen and oxygen atoms in total. The number of hydrogen-bond acceptors (Lipinski definition) is 8. The molecule has 4 heterocycles. The van der Waals surface area contributed by atoms with E-state index in [9.17, 15) is 9.59 Å². The number of carbonyl (C=O) groups excluding carboxylic acids is 2. The highest BCUT2D eigenvalue weighted by Gasteiger charge is 2.70. The van der Waals surface area contributed by atoms with Gasteiger partial charge in [-0.3, -0.25) is 9.59 Å². The predicted molar refractivity (Wildman–Crippen MR) is 201 cm³/mol. The Morgan fingerprint density at radius 2 is 1.58 bits per heavy atom. The van der Waals surface area contributed by atoms with Gasteiger partial charge in [-0.15, -0.1) is 0 Å². The molecule has 0 aromatic carbocycles. The van der Waals surface area contributed by atoms with E-state index in [-0.39, 0.29) is 48.1 Å². The maximum absolute atomic E-state index is 13.2. The van der Waals surface area contributed by atoms with Crippen molar-refractivity contribution in [1.29, 1.82) is 0 Å². The molecule has 298 valence electrons. The van der Waals surface area contributed by atoms with Crippen molar-refractivity contribution in [1.82, 2.24) is 0 Å². The zero-order valence-electron chi connectivity index (χ0n) is 34.0. The molecular weight excluding hydrogens is 668 g/mol. The number of hydrogen-bond donors (Lipinski definition) is 0. The summed E-state index contributed by atoms with van der Waals surface area (Å²) in [6.07, 6.45) is 19.8. The van der Waals surface area contributed by atoms with Gasteiger partial charge in [-0.05, 0) is 130 Å². The van der Waals surface area contributed by atoms with Crippen LogP contribution in [-0.4, -0.2) is 42.0 Å². The quantitative estimate of drug-likeness (QED) is 0.0947. The predicted octanol–water partition coefficient (Wildman–Crippen LogP) is 10.2. The van der Waals surface area contributed by atoms with E-state index in [2.05, 4.69) is 47.6 Å². The fourth-order valence-corrected chi connectivity index (χ4v) is 13.9. The van der Waals surface area contributed by atoms with Crippen LogP contribution in [0.3, 0.4) is 0 Å². The Morgan fingerprint density at radius 1 is 0.830 bits per heavy atom. The van der Waals surface area contributed by atoms with Crippen LogP contribution in [0.2, 0.25) is 0 Å². The van der Waals surface area contributed by atoms with E-state index in [0.29, 0.717) is 11.3 Å². The van der Waals surface area contributed by atoms with Crippen LogP contribution in [0.4, 0.5) is 0 Å². The number of unbranched alkanes of at least 4 members (excludes halogenated alkanes) is 1. The minimum absolute atomic E-state index is 0.0122. The first-order valence-corrected chi connectivity index (χ1v) is 22.0. The van der Waals surface area contributed by atoms with E-state index in [1.807, 2.05) is 6.92 Å². The summed E-state index contributed by atoms with van der Waals surface area (Å²) in [5.41, 5.74) is 1.55. The highest BCUT2D eigenvalue weighted by molar-refractivity contribution is 5.77. The number of rotatable bonds is 10. The molecule has 0 unspecified atom stereocenters. The van der Waals surface area contributed by atoms with Crippen LogP contribution in [0.5, 0.6) is 0 Å². The SMILES string of the molecule is CC(C)CCCC[C@H]1CC[C@H]2[C@@H]3CC=C4C[C@@H](OC(=O)CCC(=O)O[C@@H]5O[C@@H]6O[C@]7(C)CC[C@H]8[C@H](C)CC[C@@H]([C@H]5C)[C@@]68OO7)CC[C@]4(C)[C@H]3CC[C@]12C. The van der Waals surface area contributed by atoms with E-state index in [1.165, 1.54) is 63.4 Å². The fourth-order valence-electron chi connectivity index (χ4n) is 13.9. The Hall–Kier alpha value is -1.48. The highest BCUT2D eigenvalue weighted by Crippen LogP contribution is 2.67. The molecule has 0 radical (unpaired) electrons. The molecule has 4 saturated carbocycles. The van der Waals surface area contributed by atoms with Gasteiger partial charge in [-0.25, -0.2) is 9.78 Å². The minimum Gasteiger partial charge on any atom is -0.462 e. The molecule has 8 fully saturated rings. The highest BCUT2D eigenvalue weighted by atomic mass is 17.3. The number of carbonyl (C=O) groups is 2. The summed E-state index contributed by atoms with van der Waals surface area (Å²) in [6.45, 7) is 16.1. The smallest absolute Gasteiger partial charge is 0.308 e. The molecule has 0 aromatic rings. The van der Waals surface area contributed by atoms with Crippen LogP contribution in [-0.2, 0) is 38.3 Å². The average Bonchev–Trinajstić information content (AvgIpc) is 3.28. The van der Waals surface area contributed by atoms with E-state index in [1.54, 1.807) is 0 Å². The van der Waals surface area contributed by atoms with E-state index >= 15 is 0 Å². The second-order valence-electron chi connectivity index (χ2n) is 20.4. The third kappa shape index (κ3) is 6.67. The Bertz CT molecular complexity index is 1410. The Balaban J connectivity index is 0.827. The van der Waals surface area contributed by atoms with Gasteiger partial charge in [0.15, 0.2) is 11.9 Å². The van der Waals surface area contributed by atoms with Gasteiger partial charge in [-0.1, -0.05) is 72.5 Å². The molecule has 1 spiro atoms. The summed E-state index contributed by atoms with van der Waals surface area (Å²) in [5, 5.41) is 0. The van der Waals surface area contributed by atoms with Gasteiger partial charge in [-0.2, -0.15) is 0 Å². The van der Waals surface area contributed by atoms with E-state index in [0.717, 1.165) is 74.5 Å². The summed E-state index contributed by atoms with van der Waals surface area (Å²) in [4.78, 5) is 38.5. The summed E-state index contributed by atoms with van der Waals surface area (Å²) < 4.78 is 24.8. The van der Waals surface area contributed by atoms with Gasteiger partial charge in [0.1, 0.15) is 6.10 Å². The number of fused-ring (bicyclic) bond motifs is 7. The standard InChI is InChI=1S/C45H70O8/c1-27(2)10-8-9-11-30-14-17-36-33-15-13-31-26-32(20-23-43(31,6)37(33)21-24-42(30,36)5)48-38(46)18-19-39(47)49-40-29(4)35-16-12-28(3)34-22-25-44(7)51-41(50-40)45(34,35)53-52-44/h13,27-30,32-37,40-41H,8-12,14-26H2,1-7H3/t28-,29-,30+,32+,33+,34+,35+,36+,37+,40-,41-,42-,43+,44+,45-/m1/s1. The van der Waals surface area contributed by atoms with Crippen LogP contribution in [0.25, 0.3) is 0 Å². The average molecular weight is 739 g/mol. The van der Waals surface area contributed by atoms with Crippen molar-refractivity contribution in [2.24, 2.45) is 64.1 Å². The summed E-state index contributed by atoms with van der Waals surface area (Å²) >= 11 is 0. The van der Waals surface area contributed by atoms with Gasteiger partial charge in [0.05, 0.1) is 12.8 Å². The Kier molecular flexibility index (Phi) is 10.5. The van der Waals surface area contributed by atoms with Crippen LogP contribution in [0.15, 0.2) is 11.6 Å². The molecule has 9 aliphatic rings. The number of allylic oxidation sites excluding steroid dienone is 1. The monoisotopic (exact) mass is 739 g/mol. The van der Waals surface area contributed by atoms with Crippen molar-refractivity contribution in [3.63, 3.8) is 0 Å². The zero-order chi connectivity index (χ0) is 37.3. The van der Waals surface area contributed by atoms with Gasteiger partial charge in [0.2, 0.25) is 12.1 Å². The van der Waals surface area contributed by atoms with E-state index in [4.69, 9.17) is 28.7 Å². The molecule has 4 saturated heterocycles. The normalized spacial score (nSPS) is 48.5. The van der Waals surface area contributed by atoms with Crippen molar-refractivity contribution in [3.8, 4) is 0 Å². The Morgan fingerprint density at radius 3 is 2.38 bits per heavy atom. The lowest BCUT2D eigenvalue weighted by molar-refractivity contribution is -0.576. The first-order chi connectivity index (χ1) is 25.3. The molecule has 4 aliphatic heterocycles. The second kappa shape index (κ2) is 14.5. The number of esters is 2. The van der Waals surface area contributed by atoms with Crippen LogP contribution < -0.4 is 0 Å². The minimum atomic E-state index is -0.883. The van der Waals surface area contributed by atoms with Crippen LogP contribution in [0.1, 0.15) is 164 Å². The van der Waals surface area contributed by atoms with Crippen LogP contribution >= 0.6 is 0 Å². The molecule has 2 bridgehead atoms. The second-order valence-corrected chi connectivity index (χ2v) is 20.4. The molecule has 0 aromatic heterocycles. The van der Waals surface area contributed by atoms with Crippen molar-refractivity contribution in [3.05, 3.63) is 11.6 Å². The first-order valence-electron chi connectivity index (χ1n) is 22.0. The fraction of sp³-hybridized carbons (Fsp3) is 0.911. The van der Waals surface area contributed by atoms with Gasteiger partial charge >= 0.3 is 11.9 Å². The number of ether oxygens (including phenoxy) is 4. The van der Waals surface area contributed by atoms with Gasteiger partial charge in [0.25, 0.3) is 0 Å². The van der Waals surface area contributed by atoms with Crippen molar-refractivity contribution in [2.75, 3.05) is 0 Å². The Labute approximate surface area is 319 Å². The van der Waals surface area contributed by atoms with E-state index < -0.39 is 29.9 Å². The summed E-state index contributed by atoms with van der Waals surface area (Å²) in [7, 11) is 0. The van der Waals surface area contributed by atoms with Gasteiger partial charge < -0.3 is 18.9 Å². The van der Waals surface area contributed by atoms with Crippen LogP contribution in [0, 0.1) is 64.1 Å². The van der Waals surface area contributed by atoms with Gasteiger partial charge in [0, 0.05) is 24.7 Å². The molecule has 5 aliphatic carbocycles. The van der Waals surface area contributed by atoms with Crippen molar-refractivity contribution in [2.45, 2.75) is 194 Å². The van der Waals surface area contributed by atoms with Crippen molar-refractivity contribution < 1.29 is 38.3 Å². The molecule has 8 heteroatoms. The lowest BCUT2D eigenvalue weighted by atomic mass is 9.47. The lowest BCUT2D eigenvalue weighted by Crippen LogP contribution is -2.70. The van der Waals surface area contributed by atoms with Crippen molar-refractivity contribution >= 4 is 11.9 Å². The largest absolute Gasteiger partial charge is 0.462 e. The first kappa shape index (κ1) is 38.4. The maximum atomic E-state index is 13.2.